The van der Waals surface area contributed by atoms with E-state index < -0.39 is 0 Å². The molecule has 4 heterocycles. The summed E-state index contributed by atoms with van der Waals surface area (Å²) in [4.78, 5) is 12.9. The first-order valence-corrected chi connectivity index (χ1v) is 11.7. The van der Waals surface area contributed by atoms with Crippen LogP contribution in [0.15, 0.2) is 60.7 Å². The summed E-state index contributed by atoms with van der Waals surface area (Å²) in [5, 5.41) is 20.3. The maximum atomic E-state index is 12.9. The molecule has 4 aromatic rings. The molecule has 1 aromatic heterocycles. The number of benzene rings is 3. The second kappa shape index (κ2) is 8.47. The largest absolute Gasteiger partial charge is 0.454 e. The van der Waals surface area contributed by atoms with E-state index in [1.165, 1.54) is 0 Å². The zero-order chi connectivity index (χ0) is 24.1. The Hall–Kier alpha value is -4.22. The number of hydrogen-bond donors (Lipinski definition) is 2. The normalized spacial score (nSPS) is 24.1. The predicted octanol–water partition coefficient (Wildman–Crippen LogP) is 2.75. The topological polar surface area (TPSA) is 122 Å². The van der Waals surface area contributed by atoms with E-state index in [4.69, 9.17) is 18.9 Å². The van der Waals surface area contributed by atoms with Crippen molar-refractivity contribution in [2.45, 2.75) is 24.3 Å². The van der Waals surface area contributed by atoms with Gasteiger partial charge in [0.25, 0.3) is 0 Å². The summed E-state index contributed by atoms with van der Waals surface area (Å²) >= 11 is 0. The van der Waals surface area contributed by atoms with Crippen molar-refractivity contribution in [3.63, 3.8) is 0 Å². The zero-order valence-corrected chi connectivity index (χ0v) is 19.0. The first-order chi connectivity index (χ1) is 17.7. The second-order valence-electron chi connectivity index (χ2n) is 8.91. The molecule has 2 saturated heterocycles. The van der Waals surface area contributed by atoms with Crippen molar-refractivity contribution >= 4 is 22.5 Å². The van der Waals surface area contributed by atoms with Crippen LogP contribution in [-0.4, -0.2) is 64.5 Å². The molecule has 3 aliphatic heterocycles. The van der Waals surface area contributed by atoms with Gasteiger partial charge < -0.3 is 29.6 Å². The van der Waals surface area contributed by atoms with Crippen molar-refractivity contribution in [2.24, 2.45) is 0 Å². The molecule has 2 fully saturated rings. The standard InChI is InChI=1S/C25H22N6O5/c32-25(26-17-7-3-5-14-4-1-2-6-16(14)17)27-18-11-33-23-19(12-34-22(18)23)31-24(28-29-30-31)15-8-9-20-21(10-15)36-13-35-20/h1-10,18-19,22-23H,11-13H2,(H2,26,27,32). The van der Waals surface area contributed by atoms with E-state index in [9.17, 15) is 4.79 Å². The number of rotatable bonds is 4. The van der Waals surface area contributed by atoms with Crippen LogP contribution in [0.5, 0.6) is 11.5 Å². The molecule has 182 valence electrons. The molecule has 11 heteroatoms. The maximum absolute atomic E-state index is 12.9. The molecule has 0 bridgehead atoms. The third-order valence-corrected chi connectivity index (χ3v) is 6.82. The molecule has 2 N–H and O–H groups in total. The van der Waals surface area contributed by atoms with E-state index in [1.807, 2.05) is 60.7 Å². The first-order valence-electron chi connectivity index (χ1n) is 11.7. The fourth-order valence-corrected chi connectivity index (χ4v) is 5.12. The van der Waals surface area contributed by atoms with Gasteiger partial charge in [0.2, 0.25) is 6.79 Å². The number of fused-ring (bicyclic) bond motifs is 3. The Kier molecular flexibility index (Phi) is 4.96. The van der Waals surface area contributed by atoms with Gasteiger partial charge in [0, 0.05) is 10.9 Å². The van der Waals surface area contributed by atoms with Gasteiger partial charge in [-0.3, -0.25) is 0 Å². The van der Waals surface area contributed by atoms with E-state index in [0.717, 1.165) is 22.0 Å². The van der Waals surface area contributed by atoms with Crippen molar-refractivity contribution < 1.29 is 23.7 Å². The summed E-state index contributed by atoms with van der Waals surface area (Å²) in [7, 11) is 0. The van der Waals surface area contributed by atoms with E-state index in [-0.39, 0.29) is 37.1 Å². The monoisotopic (exact) mass is 486 g/mol. The van der Waals surface area contributed by atoms with Gasteiger partial charge >= 0.3 is 6.03 Å². The Labute approximate surface area is 205 Å². The Morgan fingerprint density at radius 2 is 1.81 bits per heavy atom. The van der Waals surface area contributed by atoms with Gasteiger partial charge in [-0.2, -0.15) is 0 Å². The van der Waals surface area contributed by atoms with Gasteiger partial charge in [-0.1, -0.05) is 36.4 Å². The molecule has 4 unspecified atom stereocenters. The van der Waals surface area contributed by atoms with Gasteiger partial charge in [-0.25, -0.2) is 9.48 Å². The third kappa shape index (κ3) is 3.51. The number of nitrogens with one attached hydrogen (secondary N) is 2. The highest BCUT2D eigenvalue weighted by Gasteiger charge is 2.50. The molecule has 0 radical (unpaired) electrons. The first kappa shape index (κ1) is 21.1. The Balaban J connectivity index is 1.06. The second-order valence-corrected chi connectivity index (χ2v) is 8.91. The minimum Gasteiger partial charge on any atom is -0.454 e. The van der Waals surface area contributed by atoms with Crippen LogP contribution in [0, 0.1) is 0 Å². The van der Waals surface area contributed by atoms with Crippen LogP contribution in [0.1, 0.15) is 6.04 Å². The number of tetrazole rings is 1. The molecule has 4 atom stereocenters. The number of hydrogen-bond acceptors (Lipinski definition) is 8. The highest BCUT2D eigenvalue weighted by atomic mass is 16.7. The van der Waals surface area contributed by atoms with Crippen LogP contribution in [-0.2, 0) is 9.47 Å². The number of anilines is 1. The van der Waals surface area contributed by atoms with E-state index in [0.29, 0.717) is 30.5 Å². The van der Waals surface area contributed by atoms with Crippen molar-refractivity contribution in [2.75, 3.05) is 25.3 Å². The number of aromatic nitrogens is 4. The molecule has 3 aliphatic rings. The fraction of sp³-hybridized carbons (Fsp3) is 0.280. The molecule has 36 heavy (non-hydrogen) atoms. The Morgan fingerprint density at radius 3 is 2.78 bits per heavy atom. The molecule has 11 nitrogen and oxygen atoms in total. The lowest BCUT2D eigenvalue weighted by atomic mass is 10.1. The average molecular weight is 486 g/mol. The maximum Gasteiger partial charge on any atom is 0.319 e. The molecule has 0 aliphatic carbocycles. The molecule has 3 aromatic carbocycles. The van der Waals surface area contributed by atoms with Crippen molar-refractivity contribution in [3.8, 4) is 22.9 Å². The van der Waals surface area contributed by atoms with Gasteiger partial charge in [-0.05, 0) is 40.1 Å². The number of urea groups is 1. The number of carbonyl (C=O) groups excluding carboxylic acids is 1. The van der Waals surface area contributed by atoms with Crippen LogP contribution in [0.2, 0.25) is 0 Å². The summed E-state index contributed by atoms with van der Waals surface area (Å²) in [6.45, 7) is 0.886. The highest BCUT2D eigenvalue weighted by molar-refractivity contribution is 6.01. The molecule has 7 rings (SSSR count). The minimum absolute atomic E-state index is 0.195. The van der Waals surface area contributed by atoms with E-state index in [1.54, 1.807) is 4.68 Å². The lowest BCUT2D eigenvalue weighted by Crippen LogP contribution is -2.45. The Bertz CT molecular complexity index is 1450. The zero-order valence-electron chi connectivity index (χ0n) is 19.0. The Morgan fingerprint density at radius 1 is 0.944 bits per heavy atom. The number of carbonyl (C=O) groups is 1. The summed E-state index contributed by atoms with van der Waals surface area (Å²) in [6, 6.07) is 18.5. The lowest BCUT2D eigenvalue weighted by Gasteiger charge is -2.19. The number of nitrogens with zero attached hydrogens (tertiary/aromatic N) is 4. The average Bonchev–Trinajstić information content (AvgIpc) is 3.69. The fourth-order valence-electron chi connectivity index (χ4n) is 5.12. The molecular formula is C25H22N6O5. The molecule has 2 amide bonds. The number of amides is 2. The van der Waals surface area contributed by atoms with Crippen LogP contribution in [0.4, 0.5) is 10.5 Å². The lowest BCUT2D eigenvalue weighted by molar-refractivity contribution is 0.0624. The predicted molar refractivity (Wildman–Crippen MR) is 128 cm³/mol. The third-order valence-electron chi connectivity index (χ3n) is 6.82. The van der Waals surface area contributed by atoms with Crippen LogP contribution >= 0.6 is 0 Å². The summed E-state index contributed by atoms with van der Waals surface area (Å²) in [5.41, 5.74) is 1.54. The molecular weight excluding hydrogens is 464 g/mol. The number of ether oxygens (including phenoxy) is 4. The van der Waals surface area contributed by atoms with Crippen molar-refractivity contribution in [1.82, 2.24) is 25.5 Å². The van der Waals surface area contributed by atoms with Gasteiger partial charge in [-0.15, -0.1) is 5.10 Å². The van der Waals surface area contributed by atoms with Gasteiger partial charge in [0.15, 0.2) is 17.3 Å². The molecule has 0 spiro atoms. The van der Waals surface area contributed by atoms with E-state index in [2.05, 4.69) is 26.2 Å². The van der Waals surface area contributed by atoms with Gasteiger partial charge in [0.05, 0.1) is 24.9 Å². The molecule has 0 saturated carbocycles. The summed E-state index contributed by atoms with van der Waals surface area (Å²) < 4.78 is 24.8. The van der Waals surface area contributed by atoms with Crippen LogP contribution < -0.4 is 20.1 Å². The van der Waals surface area contributed by atoms with Crippen molar-refractivity contribution in [3.05, 3.63) is 60.7 Å². The summed E-state index contributed by atoms with van der Waals surface area (Å²) in [5.74, 6) is 1.93. The van der Waals surface area contributed by atoms with Crippen LogP contribution in [0.25, 0.3) is 22.2 Å². The minimum atomic E-state index is -0.318. The smallest absolute Gasteiger partial charge is 0.319 e. The highest BCUT2D eigenvalue weighted by Crippen LogP contribution is 2.38. The quantitative estimate of drug-likeness (QED) is 0.452. The van der Waals surface area contributed by atoms with Gasteiger partial charge in [0.1, 0.15) is 18.2 Å². The van der Waals surface area contributed by atoms with E-state index >= 15 is 0 Å². The SMILES string of the molecule is O=C(Nc1cccc2ccccc12)NC1COC2C1OCC2n1nnnc1-c1ccc2c(c1)OCO2. The summed E-state index contributed by atoms with van der Waals surface area (Å²) in [6.07, 6.45) is -0.619. The van der Waals surface area contributed by atoms with Crippen molar-refractivity contribution in [1.29, 1.82) is 0 Å². The van der Waals surface area contributed by atoms with Crippen LogP contribution in [0.3, 0.4) is 0 Å².